The number of aromatic nitrogens is 2. The van der Waals surface area contributed by atoms with Crippen molar-refractivity contribution in [1.82, 2.24) is 20.2 Å². The Kier molecular flexibility index (Phi) is 5.79. The van der Waals surface area contributed by atoms with Gasteiger partial charge in [-0.05, 0) is 12.1 Å². The van der Waals surface area contributed by atoms with Gasteiger partial charge in [0.25, 0.3) is 0 Å². The number of carbonyl (C=O) groups is 2. The Labute approximate surface area is 132 Å². The number of aryl methyl sites for hydroxylation is 1. The molecule has 0 spiro atoms. The summed E-state index contributed by atoms with van der Waals surface area (Å²) in [5.74, 6) is -0.249. The monoisotopic (exact) mass is 322 g/mol. The van der Waals surface area contributed by atoms with E-state index in [4.69, 9.17) is 4.74 Å². The Morgan fingerprint density at radius 2 is 2.14 bits per heavy atom. The van der Waals surface area contributed by atoms with E-state index in [-0.39, 0.29) is 11.7 Å². The fourth-order valence-corrected chi connectivity index (χ4v) is 2.64. The number of thioether (sulfide) groups is 1. The normalized spacial score (nSPS) is 10.6. The molecule has 0 saturated heterocycles. The maximum Gasteiger partial charge on any atom is 0.321 e. The van der Waals surface area contributed by atoms with Crippen molar-refractivity contribution in [2.24, 2.45) is 7.05 Å². The van der Waals surface area contributed by atoms with Gasteiger partial charge in [0.15, 0.2) is 5.16 Å². The van der Waals surface area contributed by atoms with E-state index in [0.29, 0.717) is 13.2 Å². The molecule has 7 nitrogen and oxygen atoms in total. The lowest BCUT2D eigenvalue weighted by molar-refractivity contribution is -0.117. The minimum Gasteiger partial charge on any atom is -0.383 e. The third kappa shape index (κ3) is 4.22. The zero-order valence-electron chi connectivity index (χ0n) is 12.5. The van der Waals surface area contributed by atoms with Crippen LogP contribution in [0.25, 0.3) is 11.0 Å². The van der Waals surface area contributed by atoms with Gasteiger partial charge in [-0.1, -0.05) is 23.9 Å². The Bertz CT molecular complexity index is 671. The first-order valence-electron chi connectivity index (χ1n) is 6.72. The highest BCUT2D eigenvalue weighted by atomic mass is 32.2. The quantitative estimate of drug-likeness (QED) is 0.615. The van der Waals surface area contributed by atoms with Crippen LogP contribution in [0.4, 0.5) is 4.79 Å². The predicted molar refractivity (Wildman–Crippen MR) is 84.9 cm³/mol. The van der Waals surface area contributed by atoms with Crippen LogP contribution in [0.3, 0.4) is 0 Å². The van der Waals surface area contributed by atoms with Crippen LogP contribution < -0.4 is 10.6 Å². The van der Waals surface area contributed by atoms with E-state index in [1.807, 2.05) is 35.9 Å². The van der Waals surface area contributed by atoms with Crippen LogP contribution in [0.1, 0.15) is 0 Å². The number of carbonyl (C=O) groups excluding carboxylic acids is 2. The molecule has 22 heavy (non-hydrogen) atoms. The van der Waals surface area contributed by atoms with Gasteiger partial charge in [-0.3, -0.25) is 10.1 Å². The predicted octanol–water partition coefficient (Wildman–Crippen LogP) is 1.14. The van der Waals surface area contributed by atoms with Crippen molar-refractivity contribution >= 4 is 34.7 Å². The molecule has 0 radical (unpaired) electrons. The Balaban J connectivity index is 1.85. The van der Waals surface area contributed by atoms with Crippen LogP contribution >= 0.6 is 11.8 Å². The third-order valence-corrected chi connectivity index (χ3v) is 3.95. The van der Waals surface area contributed by atoms with Crippen LogP contribution in [0.15, 0.2) is 29.4 Å². The summed E-state index contributed by atoms with van der Waals surface area (Å²) in [5, 5.41) is 5.51. The van der Waals surface area contributed by atoms with Gasteiger partial charge in [-0.15, -0.1) is 0 Å². The summed E-state index contributed by atoms with van der Waals surface area (Å²) < 4.78 is 6.72. The number of methoxy groups -OCH3 is 1. The Morgan fingerprint density at radius 1 is 1.36 bits per heavy atom. The summed E-state index contributed by atoms with van der Waals surface area (Å²) in [6.45, 7) is 0.754. The van der Waals surface area contributed by atoms with Crippen molar-refractivity contribution in [1.29, 1.82) is 0 Å². The summed E-state index contributed by atoms with van der Waals surface area (Å²) in [6.07, 6.45) is 0. The summed E-state index contributed by atoms with van der Waals surface area (Å²) in [6, 6.07) is 7.22. The van der Waals surface area contributed by atoms with Crippen molar-refractivity contribution in [3.63, 3.8) is 0 Å². The zero-order valence-corrected chi connectivity index (χ0v) is 13.3. The molecule has 1 heterocycles. The number of imidazole rings is 1. The molecule has 2 rings (SSSR count). The van der Waals surface area contributed by atoms with Gasteiger partial charge < -0.3 is 14.6 Å². The minimum absolute atomic E-state index is 0.120. The molecule has 2 N–H and O–H groups in total. The highest BCUT2D eigenvalue weighted by Crippen LogP contribution is 2.22. The lowest BCUT2D eigenvalue weighted by atomic mass is 10.3. The van der Waals surface area contributed by atoms with Gasteiger partial charge in [0.2, 0.25) is 5.91 Å². The van der Waals surface area contributed by atoms with E-state index in [9.17, 15) is 9.59 Å². The van der Waals surface area contributed by atoms with Crippen LogP contribution in [0.5, 0.6) is 0 Å². The molecule has 0 aliphatic rings. The van der Waals surface area contributed by atoms with E-state index >= 15 is 0 Å². The maximum absolute atomic E-state index is 11.7. The number of fused-ring (bicyclic) bond motifs is 1. The molecule has 0 bridgehead atoms. The number of para-hydroxylation sites is 2. The van der Waals surface area contributed by atoms with E-state index in [1.165, 1.54) is 18.9 Å². The molecule has 8 heteroatoms. The number of hydrogen-bond donors (Lipinski definition) is 2. The molecular weight excluding hydrogens is 304 g/mol. The molecular formula is C14H18N4O3S. The molecule has 0 unspecified atom stereocenters. The van der Waals surface area contributed by atoms with E-state index in [2.05, 4.69) is 15.6 Å². The van der Waals surface area contributed by atoms with Gasteiger partial charge in [0, 0.05) is 20.7 Å². The lowest BCUT2D eigenvalue weighted by Crippen LogP contribution is -2.41. The SMILES string of the molecule is COCCNC(=O)NC(=O)CSc1nc2ccccc2n1C. The molecule has 0 aliphatic heterocycles. The van der Waals surface area contributed by atoms with E-state index in [1.54, 1.807) is 0 Å². The van der Waals surface area contributed by atoms with Crippen LogP contribution in [-0.4, -0.2) is 47.5 Å². The largest absolute Gasteiger partial charge is 0.383 e. The van der Waals surface area contributed by atoms with Gasteiger partial charge >= 0.3 is 6.03 Å². The standard InChI is InChI=1S/C14H18N4O3S/c1-18-11-6-4-3-5-10(11)16-14(18)22-9-12(19)17-13(20)15-7-8-21-2/h3-6H,7-9H2,1-2H3,(H2,15,17,19,20). The highest BCUT2D eigenvalue weighted by molar-refractivity contribution is 7.99. The molecule has 0 atom stereocenters. The number of benzene rings is 1. The number of hydrogen-bond acceptors (Lipinski definition) is 5. The zero-order chi connectivity index (χ0) is 15.9. The van der Waals surface area contributed by atoms with Gasteiger partial charge in [-0.2, -0.15) is 0 Å². The lowest BCUT2D eigenvalue weighted by Gasteiger charge is -2.06. The van der Waals surface area contributed by atoms with Crippen molar-refractivity contribution in [2.75, 3.05) is 26.0 Å². The first-order valence-corrected chi connectivity index (χ1v) is 7.71. The summed E-state index contributed by atoms with van der Waals surface area (Å²) in [4.78, 5) is 27.6. The molecule has 1 aromatic carbocycles. The van der Waals surface area contributed by atoms with Gasteiger partial charge in [0.05, 0.1) is 23.4 Å². The van der Waals surface area contributed by atoms with Crippen LogP contribution in [-0.2, 0) is 16.6 Å². The van der Waals surface area contributed by atoms with Gasteiger partial charge in [0.1, 0.15) is 0 Å². The maximum atomic E-state index is 11.7. The van der Waals surface area contributed by atoms with Gasteiger partial charge in [-0.25, -0.2) is 9.78 Å². The van der Waals surface area contributed by atoms with Crippen molar-refractivity contribution in [3.05, 3.63) is 24.3 Å². The van der Waals surface area contributed by atoms with E-state index in [0.717, 1.165) is 16.2 Å². The summed E-state index contributed by atoms with van der Waals surface area (Å²) in [7, 11) is 3.44. The number of urea groups is 1. The number of imide groups is 1. The average Bonchev–Trinajstić information content (AvgIpc) is 2.82. The minimum atomic E-state index is -0.521. The average molecular weight is 322 g/mol. The highest BCUT2D eigenvalue weighted by Gasteiger charge is 2.12. The molecule has 0 aliphatic carbocycles. The Hall–Kier alpha value is -2.06. The van der Waals surface area contributed by atoms with Crippen LogP contribution in [0, 0.1) is 0 Å². The van der Waals surface area contributed by atoms with E-state index < -0.39 is 6.03 Å². The fourth-order valence-electron chi connectivity index (χ4n) is 1.86. The number of nitrogens with zero attached hydrogens (tertiary/aromatic N) is 2. The topological polar surface area (TPSA) is 85.2 Å². The van der Waals surface area contributed by atoms with Crippen molar-refractivity contribution in [2.45, 2.75) is 5.16 Å². The molecule has 0 fully saturated rings. The first kappa shape index (κ1) is 16.3. The molecule has 3 amide bonds. The molecule has 0 saturated carbocycles. The number of amides is 3. The van der Waals surface area contributed by atoms with Crippen LogP contribution in [0.2, 0.25) is 0 Å². The summed E-state index contributed by atoms with van der Waals surface area (Å²) >= 11 is 1.29. The number of ether oxygens (including phenoxy) is 1. The third-order valence-electron chi connectivity index (χ3n) is 2.92. The smallest absolute Gasteiger partial charge is 0.321 e. The molecule has 2 aromatic rings. The molecule has 118 valence electrons. The Morgan fingerprint density at radius 3 is 2.86 bits per heavy atom. The first-order chi connectivity index (χ1) is 10.6. The van der Waals surface area contributed by atoms with Crippen molar-refractivity contribution in [3.8, 4) is 0 Å². The molecule has 1 aromatic heterocycles. The fraction of sp³-hybridized carbons (Fsp3) is 0.357. The number of nitrogens with one attached hydrogen (secondary N) is 2. The van der Waals surface area contributed by atoms with Crippen molar-refractivity contribution < 1.29 is 14.3 Å². The second kappa shape index (κ2) is 7.81. The second-order valence-electron chi connectivity index (χ2n) is 4.53. The summed E-state index contributed by atoms with van der Waals surface area (Å²) in [5.41, 5.74) is 1.88. The number of rotatable bonds is 6. The second-order valence-corrected chi connectivity index (χ2v) is 5.47.